The van der Waals surface area contributed by atoms with Crippen LogP contribution in [0, 0.1) is 0 Å². The van der Waals surface area contributed by atoms with E-state index in [1.807, 2.05) is 0 Å². The number of ketones is 2. The summed E-state index contributed by atoms with van der Waals surface area (Å²) in [4.78, 5) is 20.9. The molecule has 0 aliphatic carbocycles. The van der Waals surface area contributed by atoms with Crippen LogP contribution in [0.1, 0.15) is 13.8 Å². The van der Waals surface area contributed by atoms with Gasteiger partial charge in [0, 0.05) is 0 Å². The Hall–Kier alpha value is 0.716. The minimum absolute atomic E-state index is 0. The van der Waals surface area contributed by atoms with Gasteiger partial charge in [-0.15, -0.1) is 0 Å². The zero-order valence-corrected chi connectivity index (χ0v) is 7.72. The Labute approximate surface area is 85.2 Å². The quantitative estimate of drug-likeness (QED) is 0.455. The first-order chi connectivity index (χ1) is 3.89. The average Bonchev–Trinajstić information content (AvgIpc) is 1.65. The molecule has 0 amide bonds. The Balaban J connectivity index is 0. The molecule has 0 unspecified atom stereocenters. The van der Waals surface area contributed by atoms with Crippen LogP contribution in [-0.4, -0.2) is 37.3 Å². The first-order valence-electron chi connectivity index (χ1n) is 2.38. The molecule has 5 heteroatoms. The molecule has 0 radical (unpaired) electrons. The molecule has 0 aromatic carbocycles. The molecule has 1 N–H and O–H groups in total. The van der Waals surface area contributed by atoms with E-state index in [1.165, 1.54) is 13.8 Å². The molecule has 0 aliphatic heterocycles. The van der Waals surface area contributed by atoms with Gasteiger partial charge in [-0.25, -0.2) is 0 Å². The van der Waals surface area contributed by atoms with E-state index in [-0.39, 0.29) is 17.4 Å². The van der Waals surface area contributed by atoms with E-state index in [0.29, 0.717) is 24.7 Å². The van der Waals surface area contributed by atoms with Crippen molar-refractivity contribution < 1.29 is 39.4 Å². The van der Waals surface area contributed by atoms with E-state index in [9.17, 15) is 9.59 Å². The van der Waals surface area contributed by atoms with E-state index in [1.54, 1.807) is 0 Å². The monoisotopic (exact) mass is 235 g/mol. The van der Waals surface area contributed by atoms with E-state index in [2.05, 4.69) is 0 Å². The Morgan fingerprint density at radius 1 is 1.30 bits per heavy atom. The van der Waals surface area contributed by atoms with E-state index in [0.717, 1.165) is 0 Å². The third-order valence-electron chi connectivity index (χ3n) is 1.02. The predicted molar refractivity (Wildman–Crippen MR) is 36.3 cm³/mol. The van der Waals surface area contributed by atoms with Crippen molar-refractivity contribution in [3.63, 3.8) is 0 Å². The molecule has 0 aromatic heterocycles. The molecule has 0 fully saturated rings. The van der Waals surface area contributed by atoms with Gasteiger partial charge in [-0.05, 0) is 0 Å². The summed E-state index contributed by atoms with van der Waals surface area (Å²) < 4.78 is -1.69. The molecule has 10 heavy (non-hydrogen) atoms. The zero-order valence-electron chi connectivity index (χ0n) is 5.26. The zero-order chi connectivity index (χ0) is 7.65. The summed E-state index contributed by atoms with van der Waals surface area (Å²) in [7, 11) is 0. The van der Waals surface area contributed by atoms with Gasteiger partial charge in [0.2, 0.25) is 0 Å². The fraction of sp³-hybridized carbons (Fsp3) is 0.600. The van der Waals surface area contributed by atoms with Gasteiger partial charge in [0.05, 0.1) is 0 Å². The van der Waals surface area contributed by atoms with Gasteiger partial charge in [-0.2, -0.15) is 0 Å². The van der Waals surface area contributed by atoms with Crippen molar-refractivity contribution in [2.75, 3.05) is 0 Å². The van der Waals surface area contributed by atoms with Crippen LogP contribution in [0.2, 0.25) is 0 Å². The van der Waals surface area contributed by atoms with Crippen LogP contribution in [0.25, 0.3) is 0 Å². The molecule has 55 valence electrons. The number of carbonyl (C=O) groups is 2. The van der Waals surface area contributed by atoms with Crippen LogP contribution in [0.4, 0.5) is 0 Å². The fourth-order valence-corrected chi connectivity index (χ4v) is 0.248. The molecule has 0 spiro atoms. The van der Waals surface area contributed by atoms with Crippen molar-refractivity contribution in [3.8, 4) is 0 Å². The summed E-state index contributed by atoms with van der Waals surface area (Å²) in [5.41, 5.74) is 0. The standard InChI is InChI=1S/C5H7O3.Al.Zr.3H/c1-3(6)5(8)4(2)7;;;;;/h8H,1-2H3;;;;;. The molecule has 0 rings (SSSR count). The van der Waals surface area contributed by atoms with Crippen LogP contribution >= 0.6 is 0 Å². The molecule has 3 nitrogen and oxygen atoms in total. The van der Waals surface area contributed by atoms with Crippen molar-refractivity contribution in [2.45, 2.75) is 17.2 Å². The molecular weight excluding hydrogens is 226 g/mol. The second-order valence-corrected chi connectivity index (χ2v) is 3.60. The van der Waals surface area contributed by atoms with Gasteiger partial charge in [-0.1, -0.05) is 0 Å². The molecule has 0 aliphatic rings. The number of rotatable bonds is 2. The van der Waals surface area contributed by atoms with Crippen LogP contribution in [0.5, 0.6) is 0 Å². The van der Waals surface area contributed by atoms with Gasteiger partial charge in [0.1, 0.15) is 0 Å². The minimum Gasteiger partial charge on any atom is 0.187 e. The van der Waals surface area contributed by atoms with Crippen molar-refractivity contribution in [1.82, 2.24) is 0 Å². The van der Waals surface area contributed by atoms with Crippen molar-refractivity contribution in [2.24, 2.45) is 0 Å². The van der Waals surface area contributed by atoms with Gasteiger partial charge < -0.3 is 0 Å². The van der Waals surface area contributed by atoms with Gasteiger partial charge >= 0.3 is 68.1 Å². The second-order valence-electron chi connectivity index (χ2n) is 1.82. The number of hydrogen-bond acceptors (Lipinski definition) is 3. The van der Waals surface area contributed by atoms with Gasteiger partial charge in [0.15, 0.2) is 17.4 Å². The van der Waals surface area contributed by atoms with Gasteiger partial charge in [-0.3, -0.25) is 0 Å². The Morgan fingerprint density at radius 2 is 1.50 bits per heavy atom. The molecule has 0 atom stereocenters. The normalized spacial score (nSPS) is 9.80. The maximum Gasteiger partial charge on any atom is 0.187 e. The van der Waals surface area contributed by atoms with Crippen LogP contribution in [-0.2, 0) is 34.3 Å². The summed E-state index contributed by atoms with van der Waals surface area (Å²) in [5.74, 6) is -0.957. The predicted octanol–water partition coefficient (Wildman–Crippen LogP) is -1.78. The summed E-state index contributed by atoms with van der Waals surface area (Å²) in [6.07, 6.45) is 0. The fourth-order valence-electron chi connectivity index (χ4n) is 0.248. The molecule has 0 bridgehead atoms. The maximum atomic E-state index is 10.5. The number of aliphatic hydroxyl groups is 1. The smallest absolute Gasteiger partial charge is 0.187 e. The first-order valence-corrected chi connectivity index (χ1v) is 3.61. The molecular formula is C5H10AlO3Zr. The largest absolute Gasteiger partial charge is 0.187 e. The Morgan fingerprint density at radius 3 is 1.50 bits per heavy atom. The Kier molecular flexibility index (Phi) is 6.08. The molecule has 0 saturated carbocycles. The van der Waals surface area contributed by atoms with Crippen molar-refractivity contribution >= 4 is 28.9 Å². The second kappa shape index (κ2) is 4.56. The van der Waals surface area contributed by atoms with E-state index >= 15 is 0 Å². The number of hydrogen-bond donors (Lipinski definition) is 1. The third kappa shape index (κ3) is 3.21. The molecule has 0 saturated heterocycles. The third-order valence-corrected chi connectivity index (χ3v) is 2.75. The number of Topliss-reactive ketones (excluding diaryl/α,β-unsaturated/α-hetero) is 2. The van der Waals surface area contributed by atoms with E-state index < -0.39 is 14.9 Å². The topological polar surface area (TPSA) is 54.4 Å². The number of carbonyl (C=O) groups excluding carboxylic acids is 2. The Bertz CT molecular complexity index is 139. The van der Waals surface area contributed by atoms with Crippen molar-refractivity contribution in [3.05, 3.63) is 0 Å². The summed E-state index contributed by atoms with van der Waals surface area (Å²) in [5, 5.41) is 9.01. The van der Waals surface area contributed by atoms with E-state index in [4.69, 9.17) is 5.11 Å². The first kappa shape index (κ1) is 13.3. The maximum absolute atomic E-state index is 10.5. The van der Waals surface area contributed by atoms with Crippen LogP contribution in [0.3, 0.4) is 0 Å². The molecule has 0 heterocycles. The summed E-state index contributed by atoms with van der Waals surface area (Å²) in [6, 6.07) is 0. The van der Waals surface area contributed by atoms with Crippen LogP contribution in [0.15, 0.2) is 0 Å². The SMILES string of the molecule is CC(=O)[C](O)([Zr])C(C)=O.[AlH3]. The summed E-state index contributed by atoms with van der Waals surface area (Å²) >= 11 is 0.532. The average molecular weight is 236 g/mol. The van der Waals surface area contributed by atoms with Crippen LogP contribution < -0.4 is 0 Å². The summed E-state index contributed by atoms with van der Waals surface area (Å²) in [6.45, 7) is 2.41. The minimum atomic E-state index is -1.69. The van der Waals surface area contributed by atoms with Crippen molar-refractivity contribution in [1.29, 1.82) is 0 Å². The molecule has 0 aromatic rings. The van der Waals surface area contributed by atoms with Gasteiger partial charge in [0.25, 0.3) is 0 Å².